The first-order valence-electron chi connectivity index (χ1n) is 16.4. The number of hydrogen-bond donors (Lipinski definition) is 2. The molecule has 0 aliphatic carbocycles. The zero-order valence-electron chi connectivity index (χ0n) is 30.5. The number of carbonyl (C=O) groups excluding carboxylic acids is 7. The van der Waals surface area contributed by atoms with Crippen molar-refractivity contribution in [3.8, 4) is 0 Å². The summed E-state index contributed by atoms with van der Waals surface area (Å²) in [5.41, 5.74) is -0.766. The molecule has 0 aromatic heterocycles. The van der Waals surface area contributed by atoms with Gasteiger partial charge in [0, 0.05) is 38.3 Å². The first-order chi connectivity index (χ1) is 24.4. The molecule has 2 amide bonds. The number of ether oxygens (including phenoxy) is 7. The number of esters is 4. The van der Waals surface area contributed by atoms with Crippen LogP contribution in [0.4, 0.5) is 4.79 Å². The molecule has 2 rings (SSSR count). The molecule has 290 valence electrons. The predicted molar refractivity (Wildman–Crippen MR) is 188 cm³/mol. The predicted octanol–water partition coefficient (Wildman–Crippen LogP) is 2.93. The van der Waals surface area contributed by atoms with Crippen molar-refractivity contribution in [1.82, 2.24) is 10.6 Å². The molecule has 7 atom stereocenters. The third-order valence-electron chi connectivity index (χ3n) is 6.64. The number of rotatable bonds is 17. The largest absolute Gasteiger partial charge is 0.463 e. The van der Waals surface area contributed by atoms with Crippen molar-refractivity contribution in [1.29, 1.82) is 0 Å². The normalized spacial score (nSPS) is 21.0. The van der Waals surface area contributed by atoms with Crippen molar-refractivity contribution in [3.05, 3.63) is 30.3 Å². The lowest BCUT2D eigenvalue weighted by Crippen LogP contribution is -2.63. The minimum absolute atomic E-state index is 0.0291. The minimum Gasteiger partial charge on any atom is -0.463 e. The molecule has 16 nitrogen and oxygen atoms in total. The standard InChI is InChI=1S/C34H48N2O14S2/c1-19(35-33(43)50-34(6,7)8)30(41)36-25(31(42)52-24-13-10-9-11-14-24)18-51-16-12-15-44-32-29(48-23(5)40)28(47-22(4)39)27(46-21(3)38)26(49-32)17-45-20(2)37/h9-11,13-14,19,25-29,32H,12,15-18H2,1-8H3,(H,35,43)(H,36,41)/t19-,25-,26+,27-,28-,29+,32+/m0/s1. The summed E-state index contributed by atoms with van der Waals surface area (Å²) in [6, 6.07) is 7.01. The molecule has 18 heteroatoms. The molecule has 1 aliphatic rings. The van der Waals surface area contributed by atoms with Crippen LogP contribution in [-0.4, -0.2) is 114 Å². The van der Waals surface area contributed by atoms with Gasteiger partial charge in [-0.25, -0.2) is 4.79 Å². The molecule has 0 spiro atoms. The zero-order chi connectivity index (χ0) is 39.0. The molecular formula is C34H48N2O14S2. The summed E-state index contributed by atoms with van der Waals surface area (Å²) < 4.78 is 38.3. The van der Waals surface area contributed by atoms with Crippen LogP contribution in [0.25, 0.3) is 0 Å². The SMILES string of the molecule is CC(=O)OC[C@H]1O[C@@H](OCCCSC[C@H](NC(=O)[C@H](C)NC(=O)OC(C)(C)C)C(=O)Sc2ccccc2)[C@H](OC(C)=O)[C@@H](OC(C)=O)[C@H]1OC(C)=O. The molecule has 1 saturated heterocycles. The van der Waals surface area contributed by atoms with Gasteiger partial charge in [-0.05, 0) is 63.8 Å². The lowest BCUT2D eigenvalue weighted by Gasteiger charge is -2.44. The van der Waals surface area contributed by atoms with Crippen molar-refractivity contribution in [3.63, 3.8) is 0 Å². The van der Waals surface area contributed by atoms with Gasteiger partial charge in [0.25, 0.3) is 0 Å². The molecule has 2 N–H and O–H groups in total. The summed E-state index contributed by atoms with van der Waals surface area (Å²) in [4.78, 5) is 86.8. The third kappa shape index (κ3) is 16.6. The van der Waals surface area contributed by atoms with E-state index < -0.39 is 84.3 Å². The monoisotopic (exact) mass is 772 g/mol. The van der Waals surface area contributed by atoms with E-state index in [0.717, 1.165) is 32.5 Å². The second kappa shape index (κ2) is 21.6. The Morgan fingerprint density at radius 2 is 1.42 bits per heavy atom. The molecule has 1 aromatic carbocycles. The Hall–Kier alpha value is -3.87. The van der Waals surface area contributed by atoms with Crippen molar-refractivity contribution < 1.29 is 66.7 Å². The van der Waals surface area contributed by atoms with E-state index in [2.05, 4.69) is 10.6 Å². The van der Waals surface area contributed by atoms with Crippen molar-refractivity contribution in [2.24, 2.45) is 0 Å². The van der Waals surface area contributed by atoms with Crippen LogP contribution >= 0.6 is 23.5 Å². The number of benzene rings is 1. The van der Waals surface area contributed by atoms with Gasteiger partial charge in [0.2, 0.25) is 11.0 Å². The van der Waals surface area contributed by atoms with Crippen LogP contribution in [0.3, 0.4) is 0 Å². The van der Waals surface area contributed by atoms with Gasteiger partial charge in [-0.3, -0.25) is 28.8 Å². The lowest BCUT2D eigenvalue weighted by molar-refractivity contribution is -0.308. The molecule has 1 fully saturated rings. The number of amides is 2. The van der Waals surface area contributed by atoms with Crippen LogP contribution in [0, 0.1) is 0 Å². The second-order valence-electron chi connectivity index (χ2n) is 12.5. The molecule has 1 aliphatic heterocycles. The van der Waals surface area contributed by atoms with Crippen LogP contribution < -0.4 is 10.6 Å². The highest BCUT2D eigenvalue weighted by molar-refractivity contribution is 8.14. The van der Waals surface area contributed by atoms with Crippen molar-refractivity contribution in [2.75, 3.05) is 24.7 Å². The molecule has 52 heavy (non-hydrogen) atoms. The van der Waals surface area contributed by atoms with Gasteiger partial charge >= 0.3 is 30.0 Å². The summed E-state index contributed by atoms with van der Waals surface area (Å²) in [5, 5.41) is 4.87. The van der Waals surface area contributed by atoms with Crippen molar-refractivity contribution in [2.45, 2.75) is 115 Å². The number of alkyl carbamates (subject to hydrolysis) is 1. The van der Waals surface area contributed by atoms with Gasteiger partial charge in [0.1, 0.15) is 30.4 Å². The lowest BCUT2D eigenvalue weighted by atomic mass is 9.98. The van der Waals surface area contributed by atoms with Gasteiger partial charge in [-0.1, -0.05) is 18.2 Å². The van der Waals surface area contributed by atoms with Crippen LogP contribution in [0.15, 0.2) is 35.2 Å². The number of nitrogens with one attached hydrogen (secondary N) is 2. The Morgan fingerprint density at radius 1 is 0.827 bits per heavy atom. The van der Waals surface area contributed by atoms with Gasteiger partial charge in [0.05, 0.1) is 6.61 Å². The van der Waals surface area contributed by atoms with Crippen molar-refractivity contribution >= 4 is 64.5 Å². The maximum atomic E-state index is 13.3. The average Bonchev–Trinajstić information content (AvgIpc) is 3.02. The molecule has 0 unspecified atom stereocenters. The van der Waals surface area contributed by atoms with Gasteiger partial charge in [-0.2, -0.15) is 11.8 Å². The summed E-state index contributed by atoms with van der Waals surface area (Å²) in [6.07, 6.45) is -6.87. The maximum Gasteiger partial charge on any atom is 0.408 e. The zero-order valence-corrected chi connectivity index (χ0v) is 32.1. The van der Waals surface area contributed by atoms with E-state index in [4.69, 9.17) is 33.2 Å². The summed E-state index contributed by atoms with van der Waals surface area (Å²) >= 11 is 2.32. The summed E-state index contributed by atoms with van der Waals surface area (Å²) in [6.45, 7) is 10.7. The Balaban J connectivity index is 2.10. The topological polar surface area (TPSA) is 208 Å². The van der Waals surface area contributed by atoms with Crippen LogP contribution in [0.1, 0.15) is 61.8 Å². The van der Waals surface area contributed by atoms with E-state index in [1.165, 1.54) is 25.6 Å². The molecule has 0 saturated carbocycles. The highest BCUT2D eigenvalue weighted by atomic mass is 32.2. The van der Waals surface area contributed by atoms with Gasteiger partial charge in [-0.15, -0.1) is 0 Å². The molecule has 1 heterocycles. The first kappa shape index (κ1) is 44.3. The Kier molecular flexibility index (Phi) is 18.4. The smallest absolute Gasteiger partial charge is 0.408 e. The fraction of sp³-hybridized carbons (Fsp3) is 0.618. The highest BCUT2D eigenvalue weighted by Gasteiger charge is 2.52. The summed E-state index contributed by atoms with van der Waals surface area (Å²) in [7, 11) is 0. The van der Waals surface area contributed by atoms with Crippen LogP contribution in [-0.2, 0) is 61.9 Å². The van der Waals surface area contributed by atoms with Crippen LogP contribution in [0.2, 0.25) is 0 Å². The molecule has 0 radical (unpaired) electrons. The fourth-order valence-electron chi connectivity index (χ4n) is 4.58. The summed E-state index contributed by atoms with van der Waals surface area (Å²) in [5.74, 6) is -2.87. The van der Waals surface area contributed by atoms with Gasteiger partial charge in [0.15, 0.2) is 24.6 Å². The van der Waals surface area contributed by atoms with E-state index >= 15 is 0 Å². The Labute approximate surface area is 311 Å². The first-order valence-corrected chi connectivity index (χ1v) is 18.4. The van der Waals surface area contributed by atoms with E-state index in [1.54, 1.807) is 45.0 Å². The van der Waals surface area contributed by atoms with Crippen LogP contribution in [0.5, 0.6) is 0 Å². The number of carbonyl (C=O) groups is 7. The number of thioether (sulfide) groups is 2. The third-order valence-corrected chi connectivity index (χ3v) is 8.78. The fourth-order valence-corrected chi connectivity index (χ4v) is 6.45. The minimum atomic E-state index is -1.36. The van der Waals surface area contributed by atoms with Gasteiger partial charge < -0.3 is 43.8 Å². The molecular weight excluding hydrogens is 725 g/mol. The number of hydrogen-bond acceptors (Lipinski definition) is 16. The highest BCUT2D eigenvalue weighted by Crippen LogP contribution is 2.30. The van der Waals surface area contributed by atoms with E-state index in [-0.39, 0.29) is 24.1 Å². The molecule has 0 bridgehead atoms. The second-order valence-corrected chi connectivity index (χ2v) is 14.8. The quantitative estimate of drug-likeness (QED) is 0.101. The Bertz CT molecular complexity index is 1390. The Morgan fingerprint density at radius 3 is 2.00 bits per heavy atom. The average molecular weight is 773 g/mol. The van der Waals surface area contributed by atoms with E-state index in [0.29, 0.717) is 17.1 Å². The molecule has 1 aromatic rings. The van der Waals surface area contributed by atoms with E-state index in [9.17, 15) is 33.6 Å². The van der Waals surface area contributed by atoms with E-state index in [1.807, 2.05) is 6.07 Å². The maximum absolute atomic E-state index is 13.3.